The fourth-order valence-corrected chi connectivity index (χ4v) is 1.98. The number of aliphatic hydroxyl groups is 1. The molecule has 2 aromatic rings. The standard InChI is InChI=1S/C10H10ClN3OS/c11-8-3-12-10(13-4-8)14-5-9(15)7-1-2-16-6-7/h1-4,6,9,15H,5H2,(H,12,13,14). The van der Waals surface area contributed by atoms with Crippen LogP contribution in [0.2, 0.25) is 5.02 Å². The summed E-state index contributed by atoms with van der Waals surface area (Å²) in [5.74, 6) is 0.457. The van der Waals surface area contributed by atoms with Crippen LogP contribution in [0.15, 0.2) is 29.2 Å². The Morgan fingerprint density at radius 1 is 1.44 bits per heavy atom. The van der Waals surface area contributed by atoms with Crippen LogP contribution in [0.5, 0.6) is 0 Å². The second-order valence-electron chi connectivity index (χ2n) is 3.18. The zero-order chi connectivity index (χ0) is 11.4. The van der Waals surface area contributed by atoms with Crippen LogP contribution >= 0.6 is 22.9 Å². The average molecular weight is 256 g/mol. The Kier molecular flexibility index (Phi) is 3.71. The van der Waals surface area contributed by atoms with Gasteiger partial charge in [-0.3, -0.25) is 0 Å². The number of hydrogen-bond acceptors (Lipinski definition) is 5. The molecule has 1 atom stereocenters. The molecule has 1 unspecified atom stereocenters. The molecule has 0 saturated carbocycles. The number of nitrogens with one attached hydrogen (secondary N) is 1. The summed E-state index contributed by atoms with van der Waals surface area (Å²) in [7, 11) is 0. The first kappa shape index (κ1) is 11.3. The van der Waals surface area contributed by atoms with Crippen LogP contribution in [0.3, 0.4) is 0 Å². The van der Waals surface area contributed by atoms with Gasteiger partial charge in [0, 0.05) is 6.54 Å². The van der Waals surface area contributed by atoms with Crippen molar-refractivity contribution in [3.05, 3.63) is 39.8 Å². The van der Waals surface area contributed by atoms with E-state index >= 15 is 0 Å². The minimum absolute atomic E-state index is 0.373. The van der Waals surface area contributed by atoms with Crippen molar-refractivity contribution in [1.82, 2.24) is 9.97 Å². The van der Waals surface area contributed by atoms with Gasteiger partial charge in [0.2, 0.25) is 5.95 Å². The summed E-state index contributed by atoms with van der Waals surface area (Å²) in [6.45, 7) is 0.373. The van der Waals surface area contributed by atoms with E-state index < -0.39 is 6.10 Å². The Hall–Kier alpha value is -1.17. The van der Waals surface area contributed by atoms with E-state index in [9.17, 15) is 5.11 Å². The number of halogens is 1. The molecule has 0 aromatic carbocycles. The highest BCUT2D eigenvalue weighted by atomic mass is 35.5. The highest BCUT2D eigenvalue weighted by Gasteiger charge is 2.07. The van der Waals surface area contributed by atoms with E-state index in [1.165, 1.54) is 12.4 Å². The summed E-state index contributed by atoms with van der Waals surface area (Å²) >= 11 is 7.21. The van der Waals surface area contributed by atoms with E-state index in [1.807, 2.05) is 16.8 Å². The maximum atomic E-state index is 9.79. The molecule has 16 heavy (non-hydrogen) atoms. The van der Waals surface area contributed by atoms with Crippen LogP contribution in [0.1, 0.15) is 11.7 Å². The molecule has 0 amide bonds. The van der Waals surface area contributed by atoms with Crippen molar-refractivity contribution >= 4 is 28.9 Å². The van der Waals surface area contributed by atoms with Gasteiger partial charge >= 0.3 is 0 Å². The topological polar surface area (TPSA) is 58.0 Å². The van der Waals surface area contributed by atoms with Crippen molar-refractivity contribution in [1.29, 1.82) is 0 Å². The normalized spacial score (nSPS) is 12.4. The zero-order valence-electron chi connectivity index (χ0n) is 8.30. The summed E-state index contributed by atoms with van der Waals surface area (Å²) in [4.78, 5) is 7.94. The predicted octanol–water partition coefficient (Wildman–Crippen LogP) is 2.34. The van der Waals surface area contributed by atoms with Crippen molar-refractivity contribution in [3.8, 4) is 0 Å². The number of rotatable bonds is 4. The third kappa shape index (κ3) is 2.91. The lowest BCUT2D eigenvalue weighted by atomic mass is 10.2. The third-order valence-corrected chi connectivity index (χ3v) is 2.90. The number of nitrogens with zero attached hydrogens (tertiary/aromatic N) is 2. The van der Waals surface area contributed by atoms with Crippen LogP contribution in [-0.2, 0) is 0 Å². The molecular formula is C10H10ClN3OS. The lowest BCUT2D eigenvalue weighted by Gasteiger charge is -2.09. The zero-order valence-corrected chi connectivity index (χ0v) is 9.87. The van der Waals surface area contributed by atoms with Crippen LogP contribution < -0.4 is 5.32 Å². The molecule has 0 saturated heterocycles. The molecule has 2 heterocycles. The van der Waals surface area contributed by atoms with Gasteiger partial charge in [0.1, 0.15) is 0 Å². The second-order valence-corrected chi connectivity index (χ2v) is 4.39. The third-order valence-electron chi connectivity index (χ3n) is 2.00. The van der Waals surface area contributed by atoms with Gasteiger partial charge in [-0.05, 0) is 22.4 Å². The maximum absolute atomic E-state index is 9.79. The van der Waals surface area contributed by atoms with Gasteiger partial charge in [0.05, 0.1) is 23.5 Å². The number of anilines is 1. The molecule has 0 bridgehead atoms. The van der Waals surface area contributed by atoms with Gasteiger partial charge in [-0.1, -0.05) is 11.6 Å². The molecule has 2 N–H and O–H groups in total. The Labute approximate surface area is 102 Å². The van der Waals surface area contributed by atoms with Gasteiger partial charge in [0.15, 0.2) is 0 Å². The summed E-state index contributed by atoms with van der Waals surface area (Å²) in [6, 6.07) is 1.89. The molecule has 0 spiro atoms. The first-order valence-electron chi connectivity index (χ1n) is 4.67. The molecule has 84 valence electrons. The molecule has 0 fully saturated rings. The quantitative estimate of drug-likeness (QED) is 0.881. The Balaban J connectivity index is 1.90. The van der Waals surface area contributed by atoms with E-state index in [2.05, 4.69) is 15.3 Å². The van der Waals surface area contributed by atoms with Crippen LogP contribution in [0, 0.1) is 0 Å². The van der Waals surface area contributed by atoms with Gasteiger partial charge in [0.25, 0.3) is 0 Å². The van der Waals surface area contributed by atoms with Crippen molar-refractivity contribution in [2.45, 2.75) is 6.10 Å². The number of hydrogen-bond donors (Lipinski definition) is 2. The molecule has 0 radical (unpaired) electrons. The van der Waals surface area contributed by atoms with Crippen molar-refractivity contribution in [2.24, 2.45) is 0 Å². The molecule has 2 aromatic heterocycles. The van der Waals surface area contributed by atoms with E-state index in [0.717, 1.165) is 5.56 Å². The molecule has 0 aliphatic heterocycles. The summed E-state index contributed by atoms with van der Waals surface area (Å²) in [5, 5.41) is 17.1. The number of aromatic nitrogens is 2. The van der Waals surface area contributed by atoms with Crippen LogP contribution in [-0.4, -0.2) is 21.6 Å². The number of aliphatic hydroxyl groups excluding tert-OH is 1. The fourth-order valence-electron chi connectivity index (χ4n) is 1.17. The van der Waals surface area contributed by atoms with Crippen LogP contribution in [0.4, 0.5) is 5.95 Å². The minimum atomic E-state index is -0.550. The van der Waals surface area contributed by atoms with Crippen molar-refractivity contribution in [3.63, 3.8) is 0 Å². The van der Waals surface area contributed by atoms with Gasteiger partial charge in [-0.25, -0.2) is 9.97 Å². The van der Waals surface area contributed by atoms with E-state index in [1.54, 1.807) is 11.3 Å². The summed E-state index contributed by atoms with van der Waals surface area (Å²) < 4.78 is 0. The lowest BCUT2D eigenvalue weighted by molar-refractivity contribution is 0.192. The van der Waals surface area contributed by atoms with Crippen molar-refractivity contribution < 1.29 is 5.11 Å². The van der Waals surface area contributed by atoms with Gasteiger partial charge < -0.3 is 10.4 Å². The largest absolute Gasteiger partial charge is 0.387 e. The number of thiophene rings is 1. The smallest absolute Gasteiger partial charge is 0.222 e. The van der Waals surface area contributed by atoms with Gasteiger partial charge in [-0.2, -0.15) is 11.3 Å². The second kappa shape index (κ2) is 5.25. The SMILES string of the molecule is OC(CNc1ncc(Cl)cn1)c1ccsc1. The molecule has 0 aliphatic carbocycles. The first-order chi connectivity index (χ1) is 7.75. The van der Waals surface area contributed by atoms with Crippen LogP contribution in [0.25, 0.3) is 0 Å². The molecular weight excluding hydrogens is 246 g/mol. The average Bonchev–Trinajstić information content (AvgIpc) is 2.81. The Morgan fingerprint density at radius 2 is 2.19 bits per heavy atom. The Morgan fingerprint density at radius 3 is 2.81 bits per heavy atom. The summed E-state index contributed by atoms with van der Waals surface area (Å²) in [6.07, 6.45) is 2.47. The fraction of sp³-hybridized carbons (Fsp3) is 0.200. The van der Waals surface area contributed by atoms with Gasteiger partial charge in [-0.15, -0.1) is 0 Å². The van der Waals surface area contributed by atoms with E-state index in [0.29, 0.717) is 17.5 Å². The monoisotopic (exact) mass is 255 g/mol. The highest BCUT2D eigenvalue weighted by molar-refractivity contribution is 7.07. The molecule has 2 rings (SSSR count). The first-order valence-corrected chi connectivity index (χ1v) is 5.99. The predicted molar refractivity (Wildman–Crippen MR) is 64.8 cm³/mol. The Bertz CT molecular complexity index is 432. The molecule has 4 nitrogen and oxygen atoms in total. The highest BCUT2D eigenvalue weighted by Crippen LogP contribution is 2.16. The van der Waals surface area contributed by atoms with E-state index in [-0.39, 0.29) is 0 Å². The minimum Gasteiger partial charge on any atom is -0.387 e. The maximum Gasteiger partial charge on any atom is 0.222 e. The summed E-state index contributed by atoms with van der Waals surface area (Å²) in [5.41, 5.74) is 0.895. The molecule has 6 heteroatoms. The lowest BCUT2D eigenvalue weighted by Crippen LogP contribution is -2.13. The van der Waals surface area contributed by atoms with Crippen molar-refractivity contribution in [2.75, 3.05) is 11.9 Å². The van der Waals surface area contributed by atoms with E-state index in [4.69, 9.17) is 11.6 Å². The molecule has 0 aliphatic rings.